The van der Waals surface area contributed by atoms with Crippen molar-refractivity contribution >= 4 is 45.0 Å². The van der Waals surface area contributed by atoms with E-state index in [2.05, 4.69) is 40.0 Å². The molecule has 1 N–H and O–H groups in total. The van der Waals surface area contributed by atoms with Crippen LogP contribution >= 0.6 is 27.5 Å². The number of urea groups is 1. The van der Waals surface area contributed by atoms with Crippen molar-refractivity contribution < 1.29 is 4.79 Å². The second-order valence-corrected chi connectivity index (χ2v) is 9.38. The Bertz CT molecular complexity index is 1160. The molecule has 1 aliphatic heterocycles. The van der Waals surface area contributed by atoms with Gasteiger partial charge in [0.15, 0.2) is 0 Å². The summed E-state index contributed by atoms with van der Waals surface area (Å²) >= 11 is 9.56. The molecule has 0 aliphatic carbocycles. The number of nitrogens with one attached hydrogen (secondary N) is 1. The maximum atomic E-state index is 13.2. The number of halogens is 2. The molecule has 2 amide bonds. The number of rotatable bonds is 5. The van der Waals surface area contributed by atoms with E-state index in [-0.39, 0.29) is 6.03 Å². The number of carbonyl (C=O) groups is 1. The summed E-state index contributed by atoms with van der Waals surface area (Å²) in [5.41, 5.74) is 4.06. The van der Waals surface area contributed by atoms with E-state index in [0.29, 0.717) is 23.7 Å². The second kappa shape index (κ2) is 9.31. The van der Waals surface area contributed by atoms with Gasteiger partial charge in [0.1, 0.15) is 0 Å². The molecule has 6 heteroatoms. The SMILES string of the molecule is C=C(C)CC1(c2ccccc2)CN(C(=O)Nc2ccc(Br)cc2)N=C1c1ccc(Cl)cc1. The molecule has 0 radical (unpaired) electrons. The maximum absolute atomic E-state index is 13.2. The molecule has 0 bridgehead atoms. The third kappa shape index (κ3) is 4.64. The first-order chi connectivity index (χ1) is 15.4. The molecular formula is C26H23BrClN3O. The molecule has 0 saturated carbocycles. The summed E-state index contributed by atoms with van der Waals surface area (Å²) in [7, 11) is 0. The third-order valence-electron chi connectivity index (χ3n) is 5.47. The Hall–Kier alpha value is -2.89. The molecular weight excluding hydrogens is 486 g/mol. The predicted octanol–water partition coefficient (Wildman–Crippen LogP) is 7.26. The number of hydrogen-bond donors (Lipinski definition) is 1. The molecule has 0 saturated heterocycles. The van der Waals surface area contributed by atoms with Gasteiger partial charge in [-0.05, 0) is 60.9 Å². The van der Waals surface area contributed by atoms with Crippen LogP contribution in [0.5, 0.6) is 0 Å². The number of nitrogens with zero attached hydrogens (tertiary/aromatic N) is 2. The molecule has 32 heavy (non-hydrogen) atoms. The number of benzene rings is 3. The summed E-state index contributed by atoms with van der Waals surface area (Å²) in [5.74, 6) is 0. The minimum Gasteiger partial charge on any atom is -0.306 e. The van der Waals surface area contributed by atoms with Crippen molar-refractivity contribution in [1.82, 2.24) is 5.01 Å². The fourth-order valence-corrected chi connectivity index (χ4v) is 4.49. The van der Waals surface area contributed by atoms with E-state index in [4.69, 9.17) is 16.7 Å². The number of anilines is 1. The molecule has 4 rings (SSSR count). The van der Waals surface area contributed by atoms with Crippen LogP contribution in [-0.2, 0) is 5.41 Å². The molecule has 1 atom stereocenters. The molecule has 1 heterocycles. The van der Waals surface area contributed by atoms with Crippen molar-refractivity contribution in [1.29, 1.82) is 0 Å². The molecule has 1 aliphatic rings. The Morgan fingerprint density at radius 1 is 1.09 bits per heavy atom. The largest absolute Gasteiger partial charge is 0.342 e. The summed E-state index contributed by atoms with van der Waals surface area (Å²) in [6.45, 7) is 6.59. The first-order valence-electron chi connectivity index (χ1n) is 10.3. The molecule has 4 nitrogen and oxygen atoms in total. The van der Waals surface area contributed by atoms with Gasteiger partial charge >= 0.3 is 6.03 Å². The van der Waals surface area contributed by atoms with Crippen LogP contribution in [0.4, 0.5) is 10.5 Å². The van der Waals surface area contributed by atoms with E-state index in [1.54, 1.807) is 0 Å². The Labute approximate surface area is 201 Å². The highest BCUT2D eigenvalue weighted by atomic mass is 79.9. The molecule has 0 spiro atoms. The third-order valence-corrected chi connectivity index (χ3v) is 6.25. The van der Waals surface area contributed by atoms with Gasteiger partial charge < -0.3 is 5.32 Å². The topological polar surface area (TPSA) is 44.7 Å². The van der Waals surface area contributed by atoms with Crippen LogP contribution in [0.1, 0.15) is 24.5 Å². The summed E-state index contributed by atoms with van der Waals surface area (Å²) in [5, 5.41) is 9.95. The van der Waals surface area contributed by atoms with Crippen LogP contribution in [0, 0.1) is 0 Å². The summed E-state index contributed by atoms with van der Waals surface area (Å²) < 4.78 is 0.948. The van der Waals surface area contributed by atoms with Crippen molar-refractivity contribution in [3.8, 4) is 0 Å². The minimum absolute atomic E-state index is 0.279. The van der Waals surface area contributed by atoms with E-state index in [1.165, 1.54) is 5.01 Å². The van der Waals surface area contributed by atoms with Gasteiger partial charge in [0.05, 0.1) is 17.7 Å². The molecule has 3 aromatic rings. The normalized spacial score (nSPS) is 17.7. The van der Waals surface area contributed by atoms with E-state index in [1.807, 2.05) is 73.7 Å². The lowest BCUT2D eigenvalue weighted by Crippen LogP contribution is -2.41. The average molecular weight is 509 g/mol. The number of hydrogen-bond acceptors (Lipinski definition) is 2. The lowest BCUT2D eigenvalue weighted by molar-refractivity contribution is 0.213. The lowest BCUT2D eigenvalue weighted by Gasteiger charge is -2.32. The Kier molecular flexibility index (Phi) is 6.49. The maximum Gasteiger partial charge on any atom is 0.342 e. The number of carbonyl (C=O) groups excluding carboxylic acids is 1. The fourth-order valence-electron chi connectivity index (χ4n) is 4.10. The molecule has 1 unspecified atom stereocenters. The molecule has 162 valence electrons. The average Bonchev–Trinajstić information content (AvgIpc) is 3.16. The number of allylic oxidation sites excluding steroid dienone is 1. The highest BCUT2D eigenvalue weighted by Gasteiger charge is 2.46. The zero-order valence-electron chi connectivity index (χ0n) is 17.7. The lowest BCUT2D eigenvalue weighted by atomic mass is 9.70. The highest BCUT2D eigenvalue weighted by Crippen LogP contribution is 2.40. The van der Waals surface area contributed by atoms with Gasteiger partial charge in [-0.2, -0.15) is 5.10 Å². The van der Waals surface area contributed by atoms with Crippen molar-refractivity contribution in [2.24, 2.45) is 5.10 Å². The molecule has 0 aromatic heterocycles. The van der Waals surface area contributed by atoms with Crippen LogP contribution in [-0.4, -0.2) is 23.3 Å². The van der Waals surface area contributed by atoms with Crippen molar-refractivity contribution in [2.75, 3.05) is 11.9 Å². The van der Waals surface area contributed by atoms with Gasteiger partial charge in [0.25, 0.3) is 0 Å². The summed E-state index contributed by atoms with van der Waals surface area (Å²) in [6.07, 6.45) is 0.667. The van der Waals surface area contributed by atoms with Crippen molar-refractivity contribution in [3.05, 3.63) is 112 Å². The Balaban J connectivity index is 1.77. The van der Waals surface area contributed by atoms with Crippen LogP contribution in [0.3, 0.4) is 0 Å². The Morgan fingerprint density at radius 2 is 1.75 bits per heavy atom. The summed E-state index contributed by atoms with van der Waals surface area (Å²) in [4.78, 5) is 13.2. The standard InChI is InChI=1S/C26H23BrClN3O/c1-18(2)16-26(20-6-4-3-5-7-20)17-31(25(32)29-23-14-10-21(27)11-15-23)30-24(26)19-8-12-22(28)13-9-19/h3-15H,1,16-17H2,2H3,(H,29,32). The van der Waals surface area contributed by atoms with Gasteiger partial charge in [0.2, 0.25) is 0 Å². The van der Waals surface area contributed by atoms with Crippen LogP contribution < -0.4 is 5.32 Å². The number of hydrazone groups is 1. The Morgan fingerprint density at radius 3 is 2.38 bits per heavy atom. The van der Waals surface area contributed by atoms with Crippen LogP contribution in [0.25, 0.3) is 0 Å². The molecule has 0 fully saturated rings. The monoisotopic (exact) mass is 507 g/mol. The van der Waals surface area contributed by atoms with Gasteiger partial charge in [-0.25, -0.2) is 9.80 Å². The van der Waals surface area contributed by atoms with E-state index < -0.39 is 5.41 Å². The molecule has 3 aromatic carbocycles. The van der Waals surface area contributed by atoms with Gasteiger partial charge in [-0.15, -0.1) is 6.58 Å². The van der Waals surface area contributed by atoms with Gasteiger partial charge in [-0.3, -0.25) is 0 Å². The van der Waals surface area contributed by atoms with Crippen molar-refractivity contribution in [3.63, 3.8) is 0 Å². The predicted molar refractivity (Wildman–Crippen MR) is 135 cm³/mol. The summed E-state index contributed by atoms with van der Waals surface area (Å²) in [6, 6.07) is 25.0. The van der Waals surface area contributed by atoms with Gasteiger partial charge in [-0.1, -0.05) is 75.6 Å². The zero-order chi connectivity index (χ0) is 22.7. The van der Waals surface area contributed by atoms with Gasteiger partial charge in [0, 0.05) is 15.2 Å². The minimum atomic E-state index is -0.516. The van der Waals surface area contributed by atoms with Crippen molar-refractivity contribution in [2.45, 2.75) is 18.8 Å². The number of amides is 2. The van der Waals surface area contributed by atoms with E-state index >= 15 is 0 Å². The smallest absolute Gasteiger partial charge is 0.306 e. The van der Waals surface area contributed by atoms with E-state index in [0.717, 1.165) is 26.9 Å². The quantitative estimate of drug-likeness (QED) is 0.362. The first kappa shape index (κ1) is 22.3. The van der Waals surface area contributed by atoms with Crippen LogP contribution in [0.15, 0.2) is 101 Å². The van der Waals surface area contributed by atoms with E-state index in [9.17, 15) is 4.79 Å². The fraction of sp³-hybridized carbons (Fsp3) is 0.154. The zero-order valence-corrected chi connectivity index (χ0v) is 20.0. The highest BCUT2D eigenvalue weighted by molar-refractivity contribution is 9.10. The van der Waals surface area contributed by atoms with Crippen LogP contribution in [0.2, 0.25) is 5.02 Å². The first-order valence-corrected chi connectivity index (χ1v) is 11.4. The second-order valence-electron chi connectivity index (χ2n) is 8.03.